The number of carbonyl (C=O) groups is 1. The zero-order chi connectivity index (χ0) is 12.1. The first kappa shape index (κ1) is 12.6. The molecule has 0 spiro atoms. The van der Waals surface area contributed by atoms with Crippen LogP contribution in [0.25, 0.3) is 0 Å². The molecule has 1 aromatic carbocycles. The fourth-order valence-corrected chi connectivity index (χ4v) is 1.28. The summed E-state index contributed by atoms with van der Waals surface area (Å²) in [5.74, 6) is -1.93. The minimum Gasteiger partial charge on any atom is -0.478 e. The van der Waals surface area contributed by atoms with Crippen LogP contribution in [-0.4, -0.2) is 17.1 Å². The first-order valence-corrected chi connectivity index (χ1v) is 5.29. The molecule has 0 aromatic heterocycles. The van der Waals surface area contributed by atoms with Crippen LogP contribution in [0.3, 0.4) is 0 Å². The molecule has 1 unspecified atom stereocenters. The van der Waals surface area contributed by atoms with E-state index in [1.54, 1.807) is 6.07 Å². The van der Waals surface area contributed by atoms with Crippen LogP contribution in [0, 0.1) is 5.82 Å². The van der Waals surface area contributed by atoms with Crippen molar-refractivity contribution in [1.29, 1.82) is 0 Å². The lowest BCUT2D eigenvalue weighted by Gasteiger charge is -2.11. The summed E-state index contributed by atoms with van der Waals surface area (Å²) in [7, 11) is 0. The molecule has 0 aliphatic carbocycles. The van der Waals surface area contributed by atoms with Crippen molar-refractivity contribution in [1.82, 2.24) is 5.32 Å². The van der Waals surface area contributed by atoms with E-state index in [4.69, 9.17) is 5.11 Å². The highest BCUT2D eigenvalue weighted by Crippen LogP contribution is 2.10. The van der Waals surface area contributed by atoms with Crippen molar-refractivity contribution in [3.8, 4) is 0 Å². The molecule has 0 saturated heterocycles. The highest BCUT2D eigenvalue weighted by atomic mass is 19.1. The average Bonchev–Trinajstić information content (AvgIpc) is 2.27. The topological polar surface area (TPSA) is 49.3 Å². The lowest BCUT2D eigenvalue weighted by Crippen LogP contribution is -2.24. The third-order valence-corrected chi connectivity index (χ3v) is 2.53. The molecule has 0 bridgehead atoms. The van der Waals surface area contributed by atoms with Gasteiger partial charge in [0.05, 0.1) is 5.56 Å². The Labute approximate surface area is 94.3 Å². The Hall–Kier alpha value is -1.42. The van der Waals surface area contributed by atoms with Gasteiger partial charge in [-0.25, -0.2) is 9.18 Å². The molecule has 0 saturated carbocycles. The van der Waals surface area contributed by atoms with Crippen molar-refractivity contribution in [2.45, 2.75) is 32.9 Å². The number of aromatic carboxylic acids is 1. The van der Waals surface area contributed by atoms with E-state index in [1.165, 1.54) is 12.1 Å². The normalized spacial score (nSPS) is 12.4. The number of hydrogen-bond donors (Lipinski definition) is 2. The molecule has 1 rings (SSSR count). The third kappa shape index (κ3) is 3.31. The van der Waals surface area contributed by atoms with Crippen LogP contribution in [-0.2, 0) is 6.54 Å². The molecular weight excluding hydrogens is 209 g/mol. The number of rotatable bonds is 5. The van der Waals surface area contributed by atoms with Crippen LogP contribution < -0.4 is 5.32 Å². The third-order valence-electron chi connectivity index (χ3n) is 2.53. The number of carboxylic acids is 1. The molecule has 0 aliphatic rings. The van der Waals surface area contributed by atoms with Gasteiger partial charge in [0.2, 0.25) is 0 Å². The smallest absolute Gasteiger partial charge is 0.338 e. The molecule has 16 heavy (non-hydrogen) atoms. The van der Waals surface area contributed by atoms with Gasteiger partial charge in [-0.05, 0) is 31.0 Å². The molecule has 88 valence electrons. The molecule has 0 amide bonds. The van der Waals surface area contributed by atoms with E-state index >= 15 is 0 Å². The molecule has 0 fully saturated rings. The number of hydrogen-bond acceptors (Lipinski definition) is 2. The Morgan fingerprint density at radius 1 is 1.56 bits per heavy atom. The van der Waals surface area contributed by atoms with Gasteiger partial charge in [0.25, 0.3) is 0 Å². The summed E-state index contributed by atoms with van der Waals surface area (Å²) < 4.78 is 13.1. The van der Waals surface area contributed by atoms with E-state index in [0.29, 0.717) is 12.6 Å². The largest absolute Gasteiger partial charge is 0.478 e. The Kier molecular flexibility index (Phi) is 4.43. The van der Waals surface area contributed by atoms with Crippen LogP contribution in [0.15, 0.2) is 18.2 Å². The van der Waals surface area contributed by atoms with Gasteiger partial charge in [-0.3, -0.25) is 0 Å². The summed E-state index contributed by atoms with van der Waals surface area (Å²) in [5, 5.41) is 12.0. The molecule has 0 aliphatic heterocycles. The average molecular weight is 225 g/mol. The fraction of sp³-hybridized carbons (Fsp3) is 0.417. The molecule has 0 heterocycles. The monoisotopic (exact) mass is 225 g/mol. The Balaban J connectivity index is 2.75. The van der Waals surface area contributed by atoms with Gasteiger partial charge in [-0.2, -0.15) is 0 Å². The summed E-state index contributed by atoms with van der Waals surface area (Å²) in [6, 6.07) is 4.51. The summed E-state index contributed by atoms with van der Waals surface area (Å²) in [6.07, 6.45) is 0.993. The second-order valence-electron chi connectivity index (χ2n) is 3.81. The molecule has 3 nitrogen and oxygen atoms in total. The van der Waals surface area contributed by atoms with Gasteiger partial charge < -0.3 is 10.4 Å². The summed E-state index contributed by atoms with van der Waals surface area (Å²) in [5.41, 5.74) is 0.502. The SMILES string of the molecule is CCC(C)NCc1ccc(F)c(C(=O)O)c1. The van der Waals surface area contributed by atoms with Crippen molar-refractivity contribution >= 4 is 5.97 Å². The van der Waals surface area contributed by atoms with E-state index in [1.807, 2.05) is 6.92 Å². The molecule has 1 atom stereocenters. The van der Waals surface area contributed by atoms with Crippen LogP contribution in [0.5, 0.6) is 0 Å². The van der Waals surface area contributed by atoms with Crippen molar-refractivity contribution < 1.29 is 14.3 Å². The summed E-state index contributed by atoms with van der Waals surface area (Å²) in [6.45, 7) is 4.65. The number of benzene rings is 1. The van der Waals surface area contributed by atoms with Gasteiger partial charge in [0.1, 0.15) is 5.82 Å². The number of halogens is 1. The standard InChI is InChI=1S/C12H16FNO2/c1-3-8(2)14-7-9-4-5-11(13)10(6-9)12(15)16/h4-6,8,14H,3,7H2,1-2H3,(H,15,16). The molecule has 4 heteroatoms. The van der Waals surface area contributed by atoms with Crippen LogP contribution in [0.2, 0.25) is 0 Å². The van der Waals surface area contributed by atoms with Gasteiger partial charge in [0, 0.05) is 12.6 Å². The summed E-state index contributed by atoms with van der Waals surface area (Å²) in [4.78, 5) is 10.7. The van der Waals surface area contributed by atoms with Crippen molar-refractivity contribution in [3.05, 3.63) is 35.1 Å². The minimum absolute atomic E-state index is 0.275. The first-order chi connectivity index (χ1) is 7.54. The van der Waals surface area contributed by atoms with E-state index in [9.17, 15) is 9.18 Å². The fourth-order valence-electron chi connectivity index (χ4n) is 1.28. The maximum absolute atomic E-state index is 13.1. The molecule has 1 aromatic rings. The Morgan fingerprint density at radius 2 is 2.25 bits per heavy atom. The lowest BCUT2D eigenvalue weighted by atomic mass is 10.1. The first-order valence-electron chi connectivity index (χ1n) is 5.29. The van der Waals surface area contributed by atoms with Gasteiger partial charge in [0.15, 0.2) is 0 Å². The second-order valence-corrected chi connectivity index (χ2v) is 3.81. The van der Waals surface area contributed by atoms with Gasteiger partial charge in [-0.15, -0.1) is 0 Å². The maximum Gasteiger partial charge on any atom is 0.338 e. The van der Waals surface area contributed by atoms with E-state index in [0.717, 1.165) is 12.0 Å². The number of carboxylic acid groups (broad SMARTS) is 1. The zero-order valence-electron chi connectivity index (χ0n) is 9.46. The van der Waals surface area contributed by atoms with Crippen molar-refractivity contribution in [3.63, 3.8) is 0 Å². The maximum atomic E-state index is 13.1. The Bertz CT molecular complexity index is 379. The predicted molar refractivity (Wildman–Crippen MR) is 60.0 cm³/mol. The van der Waals surface area contributed by atoms with Gasteiger partial charge >= 0.3 is 5.97 Å². The quantitative estimate of drug-likeness (QED) is 0.809. The lowest BCUT2D eigenvalue weighted by molar-refractivity contribution is 0.0691. The van der Waals surface area contributed by atoms with Gasteiger partial charge in [-0.1, -0.05) is 13.0 Å². The molecule has 2 N–H and O–H groups in total. The zero-order valence-corrected chi connectivity index (χ0v) is 9.46. The predicted octanol–water partition coefficient (Wildman–Crippen LogP) is 2.41. The van der Waals surface area contributed by atoms with E-state index in [-0.39, 0.29) is 5.56 Å². The highest BCUT2D eigenvalue weighted by Gasteiger charge is 2.10. The molecular formula is C12H16FNO2. The van der Waals surface area contributed by atoms with E-state index in [2.05, 4.69) is 12.2 Å². The van der Waals surface area contributed by atoms with Crippen LogP contribution in [0.4, 0.5) is 4.39 Å². The van der Waals surface area contributed by atoms with Crippen molar-refractivity contribution in [2.75, 3.05) is 0 Å². The van der Waals surface area contributed by atoms with E-state index < -0.39 is 11.8 Å². The Morgan fingerprint density at radius 3 is 2.81 bits per heavy atom. The highest BCUT2D eigenvalue weighted by molar-refractivity contribution is 5.88. The summed E-state index contributed by atoms with van der Waals surface area (Å²) >= 11 is 0. The van der Waals surface area contributed by atoms with Crippen LogP contribution >= 0.6 is 0 Å². The minimum atomic E-state index is -1.23. The molecule has 0 radical (unpaired) electrons. The second kappa shape index (κ2) is 5.61. The number of nitrogens with one attached hydrogen (secondary N) is 1. The van der Waals surface area contributed by atoms with Crippen molar-refractivity contribution in [2.24, 2.45) is 0 Å². The van der Waals surface area contributed by atoms with Crippen LogP contribution in [0.1, 0.15) is 36.2 Å².